The third-order valence-electron chi connectivity index (χ3n) is 4.21. The molecule has 0 fully saturated rings. The molecule has 0 radical (unpaired) electrons. The number of nitrogens with one attached hydrogen (secondary N) is 1. The van der Waals surface area contributed by atoms with Crippen LogP contribution in [0.2, 0.25) is 0 Å². The summed E-state index contributed by atoms with van der Waals surface area (Å²) in [5, 5.41) is 5.65. The van der Waals surface area contributed by atoms with E-state index in [1.165, 1.54) is 0 Å². The van der Waals surface area contributed by atoms with E-state index in [2.05, 4.69) is 31.2 Å². The number of halogens is 4. The van der Waals surface area contributed by atoms with Crippen molar-refractivity contribution < 1.29 is 22.4 Å². The lowest BCUT2D eigenvalue weighted by Crippen LogP contribution is -2.38. The van der Waals surface area contributed by atoms with Gasteiger partial charge in [0.15, 0.2) is 5.69 Å². The monoisotopic (exact) mass is 373 g/mol. The molecule has 1 heterocycles. The van der Waals surface area contributed by atoms with Crippen LogP contribution >= 0.6 is 0 Å². The number of carbonyl (C=O) groups excluding carboxylic acids is 1. The lowest BCUT2D eigenvalue weighted by atomic mass is 9.85. The molecule has 0 aliphatic heterocycles. The van der Waals surface area contributed by atoms with E-state index in [1.54, 1.807) is 0 Å². The quantitative estimate of drug-likeness (QED) is 0.796. The van der Waals surface area contributed by atoms with Crippen LogP contribution in [0.25, 0.3) is 0 Å². The Morgan fingerprint density at radius 3 is 2.58 bits per heavy atom. The lowest BCUT2D eigenvalue weighted by molar-refractivity contribution is -0.141. The van der Waals surface area contributed by atoms with Gasteiger partial charge in [-0.05, 0) is 30.3 Å². The van der Waals surface area contributed by atoms with E-state index < -0.39 is 35.3 Å². The van der Waals surface area contributed by atoms with Crippen LogP contribution in [0.15, 0.2) is 23.8 Å². The standard InChI is InChI=1S/C18H23F4N3O/c1-17(2,3)10-9-11-7-5-6-8-12(11)23-16(26)13-14(18(20,21)22)24-25(4)15(13)19/h5-7,12H,8-10H2,1-4H3,(H,23,26). The minimum atomic E-state index is -4.91. The molecule has 2 rings (SSSR count). The number of allylic oxidation sites excluding steroid dienone is 2. The first-order valence-electron chi connectivity index (χ1n) is 8.36. The van der Waals surface area contributed by atoms with E-state index in [0.29, 0.717) is 17.5 Å². The second-order valence-electron chi connectivity index (χ2n) is 7.63. The maximum atomic E-state index is 14.1. The second kappa shape index (κ2) is 7.25. The normalized spacial score (nSPS) is 18.0. The molecule has 1 atom stereocenters. The number of hydrogen-bond donors (Lipinski definition) is 1. The van der Waals surface area contributed by atoms with E-state index in [1.807, 2.05) is 18.2 Å². The van der Waals surface area contributed by atoms with E-state index in [-0.39, 0.29) is 5.41 Å². The highest BCUT2D eigenvalue weighted by molar-refractivity contribution is 5.96. The smallest absolute Gasteiger partial charge is 0.345 e. The Morgan fingerprint density at radius 2 is 2.00 bits per heavy atom. The fourth-order valence-electron chi connectivity index (χ4n) is 2.74. The summed E-state index contributed by atoms with van der Waals surface area (Å²) in [6, 6.07) is -0.462. The van der Waals surface area contributed by atoms with Gasteiger partial charge < -0.3 is 5.32 Å². The molecular weight excluding hydrogens is 350 g/mol. The van der Waals surface area contributed by atoms with E-state index in [0.717, 1.165) is 19.0 Å². The largest absolute Gasteiger partial charge is 0.436 e. The third-order valence-corrected chi connectivity index (χ3v) is 4.21. The van der Waals surface area contributed by atoms with Crippen LogP contribution < -0.4 is 5.32 Å². The molecule has 1 aliphatic carbocycles. The number of nitrogens with zero attached hydrogens (tertiary/aromatic N) is 2. The van der Waals surface area contributed by atoms with Gasteiger partial charge in [-0.1, -0.05) is 39.0 Å². The summed E-state index contributed by atoms with van der Waals surface area (Å²) in [4.78, 5) is 12.4. The average molecular weight is 373 g/mol. The van der Waals surface area contributed by atoms with Crippen LogP contribution in [-0.4, -0.2) is 21.7 Å². The number of rotatable bonds is 4. The highest BCUT2D eigenvalue weighted by atomic mass is 19.4. The first-order chi connectivity index (χ1) is 11.9. The molecule has 1 amide bonds. The SMILES string of the molecule is Cn1nc(C(F)(F)F)c(C(=O)NC2CC=CC=C2CCC(C)(C)C)c1F. The minimum absolute atomic E-state index is 0.0788. The molecule has 0 spiro atoms. The molecule has 0 saturated heterocycles. The number of alkyl halides is 3. The summed E-state index contributed by atoms with van der Waals surface area (Å²) in [5.74, 6) is -2.41. The molecular formula is C18H23F4N3O. The molecule has 0 aromatic carbocycles. The van der Waals surface area contributed by atoms with Crippen molar-refractivity contribution in [2.45, 2.75) is 52.3 Å². The van der Waals surface area contributed by atoms with Crippen molar-refractivity contribution in [3.05, 3.63) is 41.0 Å². The topological polar surface area (TPSA) is 46.9 Å². The highest BCUT2D eigenvalue weighted by Crippen LogP contribution is 2.32. The van der Waals surface area contributed by atoms with E-state index in [9.17, 15) is 22.4 Å². The zero-order valence-electron chi connectivity index (χ0n) is 15.2. The predicted molar refractivity (Wildman–Crippen MR) is 90.0 cm³/mol. The van der Waals surface area contributed by atoms with Crippen molar-refractivity contribution in [1.29, 1.82) is 0 Å². The Balaban J connectivity index is 2.22. The zero-order valence-corrected chi connectivity index (χ0v) is 15.2. The molecule has 1 aliphatic rings. The second-order valence-corrected chi connectivity index (χ2v) is 7.63. The summed E-state index contributed by atoms with van der Waals surface area (Å²) < 4.78 is 53.7. The predicted octanol–water partition coefficient (Wildman–Crippen LogP) is 4.39. The fraction of sp³-hybridized carbons (Fsp3) is 0.556. The van der Waals surface area contributed by atoms with Crippen molar-refractivity contribution in [2.75, 3.05) is 0 Å². The molecule has 144 valence electrons. The molecule has 1 aromatic heterocycles. The highest BCUT2D eigenvalue weighted by Gasteiger charge is 2.42. The lowest BCUT2D eigenvalue weighted by Gasteiger charge is -2.26. The van der Waals surface area contributed by atoms with Crippen LogP contribution in [0.4, 0.5) is 17.6 Å². The molecule has 1 N–H and O–H groups in total. The molecule has 8 heteroatoms. The van der Waals surface area contributed by atoms with Crippen LogP contribution in [0.5, 0.6) is 0 Å². The van der Waals surface area contributed by atoms with Gasteiger partial charge in [-0.2, -0.15) is 22.7 Å². The summed E-state index contributed by atoms with van der Waals surface area (Å²) in [7, 11) is 1.03. The van der Waals surface area contributed by atoms with Crippen molar-refractivity contribution in [1.82, 2.24) is 15.1 Å². The molecule has 26 heavy (non-hydrogen) atoms. The van der Waals surface area contributed by atoms with Crippen LogP contribution in [-0.2, 0) is 13.2 Å². The Bertz CT molecular complexity index is 739. The van der Waals surface area contributed by atoms with Crippen LogP contribution in [0, 0.1) is 11.4 Å². The summed E-state index contributed by atoms with van der Waals surface area (Å²) >= 11 is 0. The first kappa shape index (κ1) is 20.2. The molecule has 1 aromatic rings. The maximum absolute atomic E-state index is 14.1. The van der Waals surface area contributed by atoms with Gasteiger partial charge in [0.25, 0.3) is 5.91 Å². The van der Waals surface area contributed by atoms with Gasteiger partial charge >= 0.3 is 6.18 Å². The number of aromatic nitrogens is 2. The van der Waals surface area contributed by atoms with Crippen molar-refractivity contribution >= 4 is 5.91 Å². The molecule has 0 bridgehead atoms. The van der Waals surface area contributed by atoms with Gasteiger partial charge in [-0.25, -0.2) is 4.68 Å². The van der Waals surface area contributed by atoms with Gasteiger partial charge in [0.1, 0.15) is 5.56 Å². The Kier molecular flexibility index (Phi) is 5.63. The van der Waals surface area contributed by atoms with Gasteiger partial charge in [-0.15, -0.1) is 0 Å². The van der Waals surface area contributed by atoms with Crippen molar-refractivity contribution in [3.63, 3.8) is 0 Å². The van der Waals surface area contributed by atoms with Gasteiger partial charge in [-0.3, -0.25) is 4.79 Å². The van der Waals surface area contributed by atoms with Gasteiger partial charge in [0.05, 0.1) is 6.04 Å². The van der Waals surface area contributed by atoms with Gasteiger partial charge in [0, 0.05) is 7.05 Å². The minimum Gasteiger partial charge on any atom is -0.345 e. The molecule has 1 unspecified atom stereocenters. The Morgan fingerprint density at radius 1 is 1.35 bits per heavy atom. The Labute approximate surface area is 150 Å². The van der Waals surface area contributed by atoms with Crippen molar-refractivity contribution in [2.24, 2.45) is 12.5 Å². The third kappa shape index (κ3) is 4.74. The van der Waals surface area contributed by atoms with Crippen LogP contribution in [0.3, 0.4) is 0 Å². The number of carbonyl (C=O) groups is 1. The summed E-state index contributed by atoms with van der Waals surface area (Å²) in [6.45, 7) is 6.25. The maximum Gasteiger partial charge on any atom is 0.436 e. The van der Waals surface area contributed by atoms with Crippen molar-refractivity contribution in [3.8, 4) is 0 Å². The summed E-state index contributed by atoms with van der Waals surface area (Å²) in [6.07, 6.45) is 2.61. The number of aryl methyl sites for hydroxylation is 1. The number of amides is 1. The molecule has 0 saturated carbocycles. The summed E-state index contributed by atoms with van der Waals surface area (Å²) in [5.41, 5.74) is -1.59. The van der Waals surface area contributed by atoms with Gasteiger partial charge in [0.2, 0.25) is 5.95 Å². The number of hydrogen-bond acceptors (Lipinski definition) is 2. The van der Waals surface area contributed by atoms with E-state index >= 15 is 0 Å². The van der Waals surface area contributed by atoms with E-state index in [4.69, 9.17) is 0 Å². The Hall–Kier alpha value is -2.12. The average Bonchev–Trinajstić information content (AvgIpc) is 2.81. The zero-order chi connectivity index (χ0) is 19.7. The molecule has 4 nitrogen and oxygen atoms in total. The fourth-order valence-corrected chi connectivity index (χ4v) is 2.74. The van der Waals surface area contributed by atoms with Crippen LogP contribution in [0.1, 0.15) is 56.1 Å². The first-order valence-corrected chi connectivity index (χ1v) is 8.36.